The van der Waals surface area contributed by atoms with E-state index in [0.29, 0.717) is 0 Å². The van der Waals surface area contributed by atoms with E-state index in [1.165, 1.54) is 55.0 Å². The first-order valence-electron chi connectivity index (χ1n) is 10.4. The van der Waals surface area contributed by atoms with Crippen molar-refractivity contribution in [2.75, 3.05) is 0 Å². The third-order valence-corrected chi connectivity index (χ3v) is 11.6. The van der Waals surface area contributed by atoms with E-state index in [0.717, 1.165) is 0 Å². The molecular weight excluding hydrogens is 391 g/mol. The average Bonchev–Trinajstić information content (AvgIpc) is 2.55. The predicted octanol–water partition coefficient (Wildman–Crippen LogP) is 3.36. The molecule has 0 aliphatic heterocycles. The smallest absolute Gasteiger partial charge is 0.312 e. The third kappa shape index (κ3) is 5.17. The molecular formula is C27H33LiSSi. The van der Waals surface area contributed by atoms with Gasteiger partial charge in [-0.2, -0.15) is 18.3 Å². The first-order chi connectivity index (χ1) is 13.6. The summed E-state index contributed by atoms with van der Waals surface area (Å²) in [5.41, 5.74) is 12.6. The number of hydrogen-bond donors (Lipinski definition) is 0. The molecule has 0 saturated carbocycles. The molecule has 3 aromatic rings. The van der Waals surface area contributed by atoms with Gasteiger partial charge in [0.1, 0.15) is 0 Å². The van der Waals surface area contributed by atoms with E-state index in [-0.39, 0.29) is 18.9 Å². The van der Waals surface area contributed by atoms with E-state index in [4.69, 9.17) is 0 Å². The van der Waals surface area contributed by atoms with E-state index in [1.807, 2.05) is 0 Å². The topological polar surface area (TPSA) is 0 Å². The summed E-state index contributed by atoms with van der Waals surface area (Å²) in [6.45, 7) is 20.4. The van der Waals surface area contributed by atoms with Gasteiger partial charge in [-0.1, -0.05) is 75.3 Å². The first-order valence-corrected chi connectivity index (χ1v) is 13.4. The molecule has 0 spiro atoms. The molecule has 0 radical (unpaired) electrons. The van der Waals surface area contributed by atoms with Gasteiger partial charge < -0.3 is 11.2 Å². The van der Waals surface area contributed by atoms with Crippen LogP contribution in [0.3, 0.4) is 0 Å². The minimum Gasteiger partial charge on any atom is -0.312 e. The number of benzene rings is 3. The zero-order chi connectivity index (χ0) is 21.5. The summed E-state index contributed by atoms with van der Waals surface area (Å²) in [6, 6.07) is 14.1. The standard InChI is InChI=1S/C27H33SSi.Li/c1-16-10-19(4)25(20(5)11-16)28-29(26-21(6)12-17(2)13-22(26)7)27-23(8)14-18(3)15-24(27)9;/h10-15H,1-9H3;/q-1;+1. The van der Waals surface area contributed by atoms with Gasteiger partial charge in [0.15, 0.2) is 0 Å². The van der Waals surface area contributed by atoms with Crippen LogP contribution in [-0.2, 0) is 0 Å². The van der Waals surface area contributed by atoms with Crippen molar-refractivity contribution in [3.8, 4) is 0 Å². The van der Waals surface area contributed by atoms with Crippen LogP contribution in [0.15, 0.2) is 41.3 Å². The van der Waals surface area contributed by atoms with Crippen LogP contribution in [0.25, 0.3) is 0 Å². The summed E-state index contributed by atoms with van der Waals surface area (Å²) < 4.78 is 0. The van der Waals surface area contributed by atoms with Crippen molar-refractivity contribution in [2.24, 2.45) is 0 Å². The SMILES string of the molecule is Cc1cc(C)c(S[Si-](c2c(C)cc(C)cc2C)c2c(C)cc(C)cc2C)c(C)c1.[Li+]. The Balaban J connectivity index is 0.00000320. The minimum absolute atomic E-state index is 0. The maximum absolute atomic E-state index is 2.36. The van der Waals surface area contributed by atoms with Crippen molar-refractivity contribution in [1.82, 2.24) is 0 Å². The van der Waals surface area contributed by atoms with Crippen molar-refractivity contribution >= 4 is 29.5 Å². The molecule has 0 aromatic heterocycles. The number of aryl methyl sites for hydroxylation is 9. The normalized spacial score (nSPS) is 10.7. The van der Waals surface area contributed by atoms with E-state index in [9.17, 15) is 0 Å². The van der Waals surface area contributed by atoms with Gasteiger partial charge in [0.25, 0.3) is 0 Å². The third-order valence-electron chi connectivity index (χ3n) is 5.62. The van der Waals surface area contributed by atoms with E-state index in [1.54, 1.807) is 10.4 Å². The molecule has 3 heteroatoms. The Kier molecular flexibility index (Phi) is 8.33. The van der Waals surface area contributed by atoms with Crippen molar-refractivity contribution in [1.29, 1.82) is 0 Å². The van der Waals surface area contributed by atoms with E-state index in [2.05, 4.69) is 110 Å². The minimum atomic E-state index is -1.05. The average molecular weight is 425 g/mol. The van der Waals surface area contributed by atoms with Crippen LogP contribution < -0.4 is 29.2 Å². The van der Waals surface area contributed by atoms with Crippen molar-refractivity contribution in [3.63, 3.8) is 0 Å². The number of hydrogen-bond acceptors (Lipinski definition) is 1. The largest absolute Gasteiger partial charge is 1.00 e. The van der Waals surface area contributed by atoms with Gasteiger partial charge in [0.05, 0.1) is 0 Å². The van der Waals surface area contributed by atoms with Crippen LogP contribution in [-0.4, -0.2) is 7.95 Å². The van der Waals surface area contributed by atoms with Crippen LogP contribution >= 0.6 is 11.2 Å². The quantitative estimate of drug-likeness (QED) is 0.579. The van der Waals surface area contributed by atoms with Gasteiger partial charge in [-0.05, 0) is 78.3 Å². The van der Waals surface area contributed by atoms with Gasteiger partial charge in [-0.25, -0.2) is 0 Å². The maximum Gasteiger partial charge on any atom is 1.00 e. The summed E-state index contributed by atoms with van der Waals surface area (Å²) in [5, 5.41) is 3.14. The monoisotopic (exact) mass is 424 g/mol. The van der Waals surface area contributed by atoms with Gasteiger partial charge in [0, 0.05) is 0 Å². The molecule has 3 rings (SSSR count). The fourth-order valence-electron chi connectivity index (χ4n) is 4.73. The molecule has 0 amide bonds. The van der Waals surface area contributed by atoms with Crippen molar-refractivity contribution in [2.45, 2.75) is 67.2 Å². The molecule has 30 heavy (non-hydrogen) atoms. The predicted molar refractivity (Wildman–Crippen MR) is 133 cm³/mol. The molecule has 0 unspecified atom stereocenters. The first kappa shape index (κ1) is 25.1. The van der Waals surface area contributed by atoms with Crippen LogP contribution in [0.4, 0.5) is 0 Å². The summed E-state index contributed by atoms with van der Waals surface area (Å²) in [5.74, 6) is 0. The molecule has 0 aliphatic rings. The summed E-state index contributed by atoms with van der Waals surface area (Å²) >= 11 is 2.13. The molecule has 3 aromatic carbocycles. The second-order valence-corrected chi connectivity index (χ2v) is 12.8. The molecule has 0 bridgehead atoms. The van der Waals surface area contributed by atoms with Gasteiger partial charge >= 0.3 is 18.9 Å². The Morgan fingerprint density at radius 1 is 0.467 bits per heavy atom. The molecule has 0 nitrogen and oxygen atoms in total. The molecule has 0 N–H and O–H groups in total. The zero-order valence-corrected chi connectivity index (χ0v) is 22.2. The molecule has 0 heterocycles. The fourth-order valence-corrected chi connectivity index (χ4v) is 11.7. The van der Waals surface area contributed by atoms with E-state index >= 15 is 0 Å². The Morgan fingerprint density at radius 2 is 0.733 bits per heavy atom. The summed E-state index contributed by atoms with van der Waals surface area (Å²) in [7, 11) is -1.05. The van der Waals surface area contributed by atoms with Crippen molar-refractivity contribution < 1.29 is 18.9 Å². The number of rotatable bonds is 4. The summed E-state index contributed by atoms with van der Waals surface area (Å²) in [4.78, 5) is 1.46. The molecule has 0 atom stereocenters. The van der Waals surface area contributed by atoms with Crippen LogP contribution in [0, 0.1) is 62.3 Å². The molecule has 0 saturated heterocycles. The second-order valence-electron chi connectivity index (χ2n) is 8.71. The Morgan fingerprint density at radius 3 is 1.03 bits per heavy atom. The van der Waals surface area contributed by atoms with E-state index < -0.39 is 7.95 Å². The van der Waals surface area contributed by atoms with Crippen LogP contribution in [0.2, 0.25) is 0 Å². The Bertz CT molecular complexity index is 958. The molecule has 152 valence electrons. The van der Waals surface area contributed by atoms with Crippen molar-refractivity contribution in [3.05, 3.63) is 86.5 Å². The Labute approximate surface area is 201 Å². The maximum atomic E-state index is 2.36. The van der Waals surface area contributed by atoms with Crippen LogP contribution in [0.5, 0.6) is 0 Å². The van der Waals surface area contributed by atoms with Gasteiger partial charge in [-0.3, -0.25) is 0 Å². The Hall–Kier alpha value is -1.18. The molecule has 0 fully saturated rings. The fraction of sp³-hybridized carbons (Fsp3) is 0.333. The van der Waals surface area contributed by atoms with Gasteiger partial charge in [0.2, 0.25) is 0 Å². The van der Waals surface area contributed by atoms with Crippen LogP contribution in [0.1, 0.15) is 50.1 Å². The van der Waals surface area contributed by atoms with Gasteiger partial charge in [-0.15, -0.1) is 0 Å². The zero-order valence-electron chi connectivity index (χ0n) is 20.4. The summed E-state index contributed by atoms with van der Waals surface area (Å²) in [6.07, 6.45) is 0. The molecule has 0 aliphatic carbocycles. The second kappa shape index (κ2) is 9.96.